The third-order valence-electron chi connectivity index (χ3n) is 2.71. The third-order valence-corrected chi connectivity index (χ3v) is 3.30. The summed E-state index contributed by atoms with van der Waals surface area (Å²) in [5.41, 5.74) is 1.04. The van der Waals surface area contributed by atoms with Gasteiger partial charge in [0.2, 0.25) is 0 Å². The molecule has 0 aliphatic rings. The first-order valence-corrected chi connectivity index (χ1v) is 6.74. The van der Waals surface area contributed by atoms with Crippen molar-refractivity contribution in [1.29, 1.82) is 0 Å². The molecule has 2 aromatic carbocycles. The van der Waals surface area contributed by atoms with E-state index in [-0.39, 0.29) is 21.3 Å². The Bertz CT molecular complexity index is 736. The Kier molecular flexibility index (Phi) is 5.11. The van der Waals surface area contributed by atoms with E-state index in [2.05, 4.69) is 10.5 Å². The van der Waals surface area contributed by atoms with Crippen molar-refractivity contribution >= 4 is 35.1 Å². The number of halogens is 7. The molecule has 0 aromatic heterocycles. The second kappa shape index (κ2) is 6.72. The summed E-state index contributed by atoms with van der Waals surface area (Å²) >= 11 is 11.4. The summed E-state index contributed by atoms with van der Waals surface area (Å²) in [6.07, 6.45) is -3.65. The number of hydrazone groups is 1. The lowest BCUT2D eigenvalue weighted by Gasteiger charge is -2.11. The molecule has 0 radical (unpaired) electrons. The van der Waals surface area contributed by atoms with Gasteiger partial charge in [0.1, 0.15) is 11.6 Å². The molecule has 0 aliphatic heterocycles. The fraction of sp³-hybridized carbons (Fsp3) is 0.0714. The van der Waals surface area contributed by atoms with E-state index in [1.807, 2.05) is 0 Å². The fourth-order valence-electron chi connectivity index (χ4n) is 1.62. The molecule has 2 rings (SSSR count). The highest BCUT2D eigenvalue weighted by Crippen LogP contribution is 2.38. The second-order valence-corrected chi connectivity index (χ2v) is 5.16. The predicted molar refractivity (Wildman–Crippen MR) is 79.0 cm³/mol. The van der Waals surface area contributed by atoms with Crippen LogP contribution in [0.25, 0.3) is 0 Å². The normalized spacial score (nSPS) is 12.0. The molecule has 122 valence electrons. The summed E-state index contributed by atoms with van der Waals surface area (Å²) in [6, 6.07) is 4.09. The van der Waals surface area contributed by atoms with Gasteiger partial charge < -0.3 is 0 Å². The van der Waals surface area contributed by atoms with Crippen LogP contribution in [-0.2, 0) is 6.18 Å². The van der Waals surface area contributed by atoms with E-state index < -0.39 is 23.4 Å². The Hall–Kier alpha value is -1.86. The summed E-state index contributed by atoms with van der Waals surface area (Å²) in [5, 5.41) is 2.96. The first kappa shape index (κ1) is 17.5. The van der Waals surface area contributed by atoms with Crippen LogP contribution in [0.5, 0.6) is 0 Å². The van der Waals surface area contributed by atoms with Crippen LogP contribution in [0.3, 0.4) is 0 Å². The zero-order valence-corrected chi connectivity index (χ0v) is 12.6. The highest BCUT2D eigenvalue weighted by Gasteiger charge is 2.32. The molecular weight excluding hydrogens is 362 g/mol. The quantitative estimate of drug-likeness (QED) is 0.417. The molecule has 0 unspecified atom stereocenters. The van der Waals surface area contributed by atoms with Gasteiger partial charge in [-0.1, -0.05) is 23.2 Å². The van der Waals surface area contributed by atoms with Gasteiger partial charge >= 0.3 is 6.18 Å². The van der Waals surface area contributed by atoms with Crippen LogP contribution < -0.4 is 5.43 Å². The highest BCUT2D eigenvalue weighted by atomic mass is 35.5. The summed E-state index contributed by atoms with van der Waals surface area (Å²) in [7, 11) is 0. The monoisotopic (exact) mass is 368 g/mol. The second-order valence-electron chi connectivity index (χ2n) is 4.35. The number of rotatable bonds is 3. The van der Waals surface area contributed by atoms with Gasteiger partial charge in [-0.2, -0.15) is 18.3 Å². The van der Waals surface area contributed by atoms with E-state index in [9.17, 15) is 22.0 Å². The Morgan fingerprint density at radius 3 is 2.17 bits per heavy atom. The van der Waals surface area contributed by atoms with Gasteiger partial charge in [-0.25, -0.2) is 8.78 Å². The number of hydrogen-bond donors (Lipinski definition) is 1. The summed E-state index contributed by atoms with van der Waals surface area (Å²) in [5.74, 6) is -1.39. The van der Waals surface area contributed by atoms with Gasteiger partial charge in [-0.3, -0.25) is 5.43 Å². The van der Waals surface area contributed by atoms with Crippen molar-refractivity contribution in [2.45, 2.75) is 6.18 Å². The lowest BCUT2D eigenvalue weighted by atomic mass is 10.2. The van der Waals surface area contributed by atoms with Gasteiger partial charge in [-0.05, 0) is 30.3 Å². The first-order valence-electron chi connectivity index (χ1n) is 5.99. The smallest absolute Gasteiger partial charge is 0.275 e. The molecule has 0 heterocycles. The summed E-state index contributed by atoms with van der Waals surface area (Å²) in [6.45, 7) is 0. The van der Waals surface area contributed by atoms with E-state index in [0.717, 1.165) is 24.4 Å². The number of anilines is 1. The average molecular weight is 369 g/mol. The summed E-state index contributed by atoms with van der Waals surface area (Å²) in [4.78, 5) is 0. The molecule has 1 N–H and O–H groups in total. The predicted octanol–water partition coefficient (Wildman–Crippen LogP) is 5.74. The van der Waals surface area contributed by atoms with Crippen LogP contribution in [0, 0.1) is 11.6 Å². The highest BCUT2D eigenvalue weighted by molar-refractivity contribution is 6.39. The molecule has 0 saturated carbocycles. The molecule has 9 heteroatoms. The minimum absolute atomic E-state index is 0.0885. The Labute approximate surface area is 137 Å². The molecule has 2 nitrogen and oxygen atoms in total. The molecule has 0 aliphatic carbocycles. The largest absolute Gasteiger partial charge is 0.416 e. The zero-order chi connectivity index (χ0) is 17.2. The first-order chi connectivity index (χ1) is 10.7. The number of hydrogen-bond acceptors (Lipinski definition) is 2. The van der Waals surface area contributed by atoms with Crippen molar-refractivity contribution in [1.82, 2.24) is 0 Å². The molecule has 0 fully saturated rings. The maximum absolute atomic E-state index is 13.4. The van der Waals surface area contributed by atoms with Gasteiger partial charge in [0, 0.05) is 5.56 Å². The van der Waals surface area contributed by atoms with Crippen LogP contribution in [-0.4, -0.2) is 6.21 Å². The Balaban J connectivity index is 2.24. The van der Waals surface area contributed by atoms with Gasteiger partial charge in [0.15, 0.2) is 0 Å². The molecular formula is C14H7Cl2F5N2. The Morgan fingerprint density at radius 2 is 1.61 bits per heavy atom. The maximum Gasteiger partial charge on any atom is 0.416 e. The van der Waals surface area contributed by atoms with E-state index in [4.69, 9.17) is 23.2 Å². The van der Waals surface area contributed by atoms with Crippen LogP contribution in [0.4, 0.5) is 27.6 Å². The molecule has 2 aromatic rings. The van der Waals surface area contributed by atoms with E-state index in [1.165, 1.54) is 0 Å². The molecule has 0 saturated heterocycles. The summed E-state index contributed by atoms with van der Waals surface area (Å²) < 4.78 is 64.1. The van der Waals surface area contributed by atoms with Crippen molar-refractivity contribution in [3.8, 4) is 0 Å². The van der Waals surface area contributed by atoms with E-state index >= 15 is 0 Å². The van der Waals surface area contributed by atoms with Gasteiger partial charge in [-0.15, -0.1) is 0 Å². The van der Waals surface area contributed by atoms with E-state index in [0.29, 0.717) is 12.1 Å². The lowest BCUT2D eigenvalue weighted by Crippen LogP contribution is -2.05. The topological polar surface area (TPSA) is 24.4 Å². The standard InChI is InChI=1S/C14H7Cl2F5N2/c15-10-4-8(14(19,20)21)5-11(16)13(10)23-22-6-7-3-9(17)1-2-12(7)18/h1-6,23H/b22-6+. The number of benzene rings is 2. The van der Waals surface area contributed by atoms with Crippen LogP contribution in [0.2, 0.25) is 10.0 Å². The maximum atomic E-state index is 13.4. The number of alkyl halides is 3. The minimum Gasteiger partial charge on any atom is -0.275 e. The van der Waals surface area contributed by atoms with Crippen LogP contribution >= 0.6 is 23.2 Å². The molecule has 0 atom stereocenters. The molecule has 23 heavy (non-hydrogen) atoms. The van der Waals surface area contributed by atoms with Crippen molar-refractivity contribution < 1.29 is 22.0 Å². The molecule has 0 amide bonds. The van der Waals surface area contributed by atoms with Crippen molar-refractivity contribution in [2.75, 3.05) is 5.43 Å². The number of nitrogens with zero attached hydrogens (tertiary/aromatic N) is 1. The minimum atomic E-state index is -4.60. The molecule has 0 bridgehead atoms. The Morgan fingerprint density at radius 1 is 1.00 bits per heavy atom. The molecule has 0 spiro atoms. The van der Waals surface area contributed by atoms with Crippen LogP contribution in [0.1, 0.15) is 11.1 Å². The van der Waals surface area contributed by atoms with Crippen molar-refractivity contribution in [3.05, 3.63) is 63.1 Å². The van der Waals surface area contributed by atoms with Crippen LogP contribution in [0.15, 0.2) is 35.4 Å². The number of nitrogens with one attached hydrogen (secondary N) is 1. The third kappa shape index (κ3) is 4.33. The van der Waals surface area contributed by atoms with Gasteiger partial charge in [0.25, 0.3) is 0 Å². The van der Waals surface area contributed by atoms with Crippen molar-refractivity contribution in [2.24, 2.45) is 5.10 Å². The zero-order valence-electron chi connectivity index (χ0n) is 11.1. The lowest BCUT2D eigenvalue weighted by molar-refractivity contribution is -0.137. The van der Waals surface area contributed by atoms with Gasteiger partial charge in [0.05, 0.1) is 27.5 Å². The fourth-order valence-corrected chi connectivity index (χ4v) is 2.20. The van der Waals surface area contributed by atoms with Crippen molar-refractivity contribution in [3.63, 3.8) is 0 Å². The average Bonchev–Trinajstić information content (AvgIpc) is 2.44. The SMILES string of the molecule is Fc1ccc(F)c(/C=N/Nc2c(Cl)cc(C(F)(F)F)cc2Cl)c1. The van der Waals surface area contributed by atoms with E-state index in [1.54, 1.807) is 0 Å².